The van der Waals surface area contributed by atoms with Gasteiger partial charge in [-0.1, -0.05) is 48.5 Å². The maximum atomic E-state index is 11.7. The molecule has 2 aromatic carbocycles. The summed E-state index contributed by atoms with van der Waals surface area (Å²) in [6, 6.07) is 20.0. The van der Waals surface area contributed by atoms with Crippen molar-refractivity contribution in [2.75, 3.05) is 12.0 Å². The van der Waals surface area contributed by atoms with Crippen molar-refractivity contribution in [1.82, 2.24) is 5.01 Å². The van der Waals surface area contributed by atoms with Gasteiger partial charge in [0.25, 0.3) is 0 Å². The third-order valence-corrected chi connectivity index (χ3v) is 3.28. The number of carbonyl (C=O) groups excluding carboxylic acids is 1. The molecule has 0 fully saturated rings. The minimum absolute atomic E-state index is 0.176. The highest BCUT2D eigenvalue weighted by molar-refractivity contribution is 5.98. The summed E-state index contributed by atoms with van der Waals surface area (Å²) in [5, 5.41) is 2.03. The van der Waals surface area contributed by atoms with Crippen molar-refractivity contribution in [3.63, 3.8) is 0 Å². The number of nitrogens with one attached hydrogen (secondary N) is 1. The summed E-state index contributed by atoms with van der Waals surface area (Å²) < 4.78 is 0. The zero-order chi connectivity index (χ0) is 13.8. The molecule has 0 aromatic heterocycles. The summed E-state index contributed by atoms with van der Waals surface area (Å²) >= 11 is 0. The molecule has 3 nitrogen and oxygen atoms in total. The van der Waals surface area contributed by atoms with Crippen LogP contribution in [-0.2, 0) is 4.79 Å². The molecular formula is C17H16N2O. The normalized spacial score (nSPS) is 14.9. The average molecular weight is 264 g/mol. The molecule has 0 amide bonds. The van der Waals surface area contributed by atoms with Crippen molar-refractivity contribution in [1.29, 1.82) is 0 Å². The maximum absolute atomic E-state index is 11.7. The van der Waals surface area contributed by atoms with E-state index in [1.54, 1.807) is 6.08 Å². The Morgan fingerprint density at radius 3 is 2.25 bits per heavy atom. The molecule has 0 bridgehead atoms. The molecule has 0 radical (unpaired) electrons. The van der Waals surface area contributed by atoms with E-state index in [1.807, 2.05) is 65.7 Å². The van der Waals surface area contributed by atoms with Gasteiger partial charge in [0.2, 0.25) is 0 Å². The average Bonchev–Trinajstić information content (AvgIpc) is 2.51. The Morgan fingerprint density at radius 2 is 1.55 bits per heavy atom. The van der Waals surface area contributed by atoms with Crippen LogP contribution < -0.4 is 5.43 Å². The standard InChI is InChI=1S/C17H16N2O/c20-16-11-12-19(18-15-9-5-2-6-10-15)17(13-16)14-7-3-1-4-8-14/h1-10,13,18H,11-12H2. The highest BCUT2D eigenvalue weighted by atomic mass is 16.1. The minimum Gasteiger partial charge on any atom is -0.298 e. The van der Waals surface area contributed by atoms with E-state index in [-0.39, 0.29) is 5.78 Å². The summed E-state index contributed by atoms with van der Waals surface area (Å²) in [5.41, 5.74) is 6.35. The van der Waals surface area contributed by atoms with E-state index in [4.69, 9.17) is 0 Å². The molecule has 3 rings (SSSR count). The lowest BCUT2D eigenvalue weighted by Gasteiger charge is -2.31. The maximum Gasteiger partial charge on any atom is 0.159 e. The van der Waals surface area contributed by atoms with Crippen LogP contribution in [0.15, 0.2) is 66.7 Å². The smallest absolute Gasteiger partial charge is 0.159 e. The zero-order valence-electron chi connectivity index (χ0n) is 11.1. The van der Waals surface area contributed by atoms with Crippen molar-refractivity contribution in [3.05, 3.63) is 72.3 Å². The number of rotatable bonds is 3. The van der Waals surface area contributed by atoms with Crippen molar-refractivity contribution < 1.29 is 4.79 Å². The lowest BCUT2D eigenvalue weighted by Crippen LogP contribution is -2.34. The van der Waals surface area contributed by atoms with Crippen LogP contribution in [0.3, 0.4) is 0 Å². The van der Waals surface area contributed by atoms with Crippen molar-refractivity contribution >= 4 is 17.2 Å². The summed E-state index contributed by atoms with van der Waals surface area (Å²) in [6.45, 7) is 0.675. The number of nitrogens with zero attached hydrogens (tertiary/aromatic N) is 1. The predicted molar refractivity (Wildman–Crippen MR) is 80.8 cm³/mol. The second-order valence-corrected chi connectivity index (χ2v) is 4.74. The summed E-state index contributed by atoms with van der Waals surface area (Å²) in [5.74, 6) is 0.176. The largest absolute Gasteiger partial charge is 0.298 e. The molecule has 20 heavy (non-hydrogen) atoms. The monoisotopic (exact) mass is 264 g/mol. The number of hydrogen-bond donors (Lipinski definition) is 1. The Hall–Kier alpha value is -2.55. The number of ketones is 1. The van der Waals surface area contributed by atoms with E-state index in [9.17, 15) is 4.79 Å². The molecular weight excluding hydrogens is 248 g/mol. The quantitative estimate of drug-likeness (QED) is 0.923. The summed E-state index contributed by atoms with van der Waals surface area (Å²) in [4.78, 5) is 11.7. The van der Waals surface area contributed by atoms with Crippen LogP contribution in [-0.4, -0.2) is 17.3 Å². The van der Waals surface area contributed by atoms with Crippen LogP contribution in [0.5, 0.6) is 0 Å². The van der Waals surface area contributed by atoms with E-state index in [0.717, 1.165) is 16.9 Å². The third kappa shape index (κ3) is 2.72. The Labute approximate surface area is 118 Å². The minimum atomic E-state index is 0.176. The van der Waals surface area contributed by atoms with E-state index in [2.05, 4.69) is 5.43 Å². The van der Waals surface area contributed by atoms with Gasteiger partial charge in [0.05, 0.1) is 11.4 Å². The van der Waals surface area contributed by atoms with E-state index >= 15 is 0 Å². The second kappa shape index (κ2) is 5.61. The number of anilines is 1. The van der Waals surface area contributed by atoms with E-state index in [0.29, 0.717) is 13.0 Å². The number of hydrogen-bond acceptors (Lipinski definition) is 3. The predicted octanol–water partition coefficient (Wildman–Crippen LogP) is 3.33. The lowest BCUT2D eigenvalue weighted by molar-refractivity contribution is -0.115. The first kappa shape index (κ1) is 12.5. The third-order valence-electron chi connectivity index (χ3n) is 3.28. The fourth-order valence-electron chi connectivity index (χ4n) is 2.28. The van der Waals surface area contributed by atoms with Gasteiger partial charge in [-0.05, 0) is 17.7 Å². The number of hydrazine groups is 1. The van der Waals surface area contributed by atoms with Gasteiger partial charge in [-0.3, -0.25) is 15.2 Å². The first-order valence-electron chi connectivity index (χ1n) is 6.72. The molecule has 100 valence electrons. The van der Waals surface area contributed by atoms with Gasteiger partial charge in [-0.2, -0.15) is 0 Å². The first-order chi connectivity index (χ1) is 9.83. The Balaban J connectivity index is 1.89. The second-order valence-electron chi connectivity index (χ2n) is 4.74. The van der Waals surface area contributed by atoms with Gasteiger partial charge >= 0.3 is 0 Å². The van der Waals surface area contributed by atoms with Crippen LogP contribution in [0.1, 0.15) is 12.0 Å². The molecule has 1 aliphatic rings. The molecule has 0 saturated heterocycles. The SMILES string of the molecule is O=C1C=C(c2ccccc2)N(Nc2ccccc2)CC1. The van der Waals surface area contributed by atoms with E-state index < -0.39 is 0 Å². The highest BCUT2D eigenvalue weighted by Crippen LogP contribution is 2.24. The topological polar surface area (TPSA) is 32.3 Å². The molecule has 0 saturated carbocycles. The molecule has 2 aromatic rings. The van der Waals surface area contributed by atoms with Crippen LogP contribution in [0.25, 0.3) is 5.70 Å². The Bertz CT molecular complexity index is 620. The summed E-state index contributed by atoms with van der Waals surface area (Å²) in [6.07, 6.45) is 2.25. The molecule has 0 spiro atoms. The first-order valence-corrected chi connectivity index (χ1v) is 6.72. The molecule has 3 heteroatoms. The van der Waals surface area contributed by atoms with Gasteiger partial charge < -0.3 is 0 Å². The van der Waals surface area contributed by atoms with Crippen LogP contribution in [0.4, 0.5) is 5.69 Å². The fraction of sp³-hybridized carbons (Fsp3) is 0.118. The van der Waals surface area contributed by atoms with Gasteiger partial charge in [-0.25, -0.2) is 0 Å². The van der Waals surface area contributed by atoms with Gasteiger partial charge in [-0.15, -0.1) is 0 Å². The van der Waals surface area contributed by atoms with Gasteiger partial charge in [0, 0.05) is 19.0 Å². The lowest BCUT2D eigenvalue weighted by atomic mass is 10.1. The molecule has 1 aliphatic heterocycles. The Kier molecular flexibility index (Phi) is 3.50. The van der Waals surface area contributed by atoms with Gasteiger partial charge in [0.15, 0.2) is 5.78 Å². The number of para-hydroxylation sites is 1. The van der Waals surface area contributed by atoms with Crippen LogP contribution in [0.2, 0.25) is 0 Å². The number of carbonyl (C=O) groups is 1. The zero-order valence-corrected chi connectivity index (χ0v) is 11.1. The molecule has 1 N–H and O–H groups in total. The molecule has 1 heterocycles. The van der Waals surface area contributed by atoms with E-state index in [1.165, 1.54) is 0 Å². The van der Waals surface area contributed by atoms with Crippen LogP contribution in [0, 0.1) is 0 Å². The van der Waals surface area contributed by atoms with Gasteiger partial charge in [0.1, 0.15) is 0 Å². The molecule has 0 atom stereocenters. The number of allylic oxidation sites excluding steroid dienone is 1. The molecule has 0 aliphatic carbocycles. The fourth-order valence-corrected chi connectivity index (χ4v) is 2.28. The van der Waals surface area contributed by atoms with Crippen molar-refractivity contribution in [3.8, 4) is 0 Å². The van der Waals surface area contributed by atoms with Crippen LogP contribution >= 0.6 is 0 Å². The summed E-state index contributed by atoms with van der Waals surface area (Å²) in [7, 11) is 0. The Morgan fingerprint density at radius 1 is 0.900 bits per heavy atom. The number of benzene rings is 2. The van der Waals surface area contributed by atoms with Crippen molar-refractivity contribution in [2.45, 2.75) is 6.42 Å². The highest BCUT2D eigenvalue weighted by Gasteiger charge is 2.19. The molecule has 0 unspecified atom stereocenters. The van der Waals surface area contributed by atoms with Crippen molar-refractivity contribution in [2.24, 2.45) is 0 Å².